The highest BCUT2D eigenvalue weighted by Gasteiger charge is 2.52. The van der Waals surface area contributed by atoms with Gasteiger partial charge in [-0.1, -0.05) is 164 Å². The smallest absolute Gasteiger partial charge is 0.161 e. The summed E-state index contributed by atoms with van der Waals surface area (Å²) >= 11 is 0. The van der Waals surface area contributed by atoms with Crippen molar-refractivity contribution in [3.05, 3.63) is 204 Å². The maximum absolute atomic E-state index is 5.41. The fraction of sp³-hybridized carbons (Fsp3) is 0.0204. The molecule has 0 unspecified atom stereocenters. The van der Waals surface area contributed by atoms with Gasteiger partial charge in [-0.25, -0.2) is 9.97 Å². The Morgan fingerprint density at radius 1 is 0.314 bits per heavy atom. The number of benzene rings is 8. The van der Waals surface area contributed by atoms with E-state index < -0.39 is 5.41 Å². The van der Waals surface area contributed by atoms with E-state index in [4.69, 9.17) is 9.97 Å². The molecule has 11 rings (SSSR count). The third-order valence-electron chi connectivity index (χ3n) is 11.1. The molecule has 9 aromatic rings. The Bertz CT molecular complexity index is 2740. The molecule has 0 N–H and O–H groups in total. The Balaban J connectivity index is 1.20. The van der Waals surface area contributed by atoms with Crippen LogP contribution in [0.2, 0.25) is 0 Å². The van der Waals surface area contributed by atoms with Crippen LogP contribution in [0.25, 0.3) is 77.7 Å². The third-order valence-corrected chi connectivity index (χ3v) is 11.1. The van der Waals surface area contributed by atoms with Crippen molar-refractivity contribution in [1.82, 2.24) is 9.97 Å². The Morgan fingerprint density at radius 2 is 0.745 bits per heavy atom. The fourth-order valence-corrected chi connectivity index (χ4v) is 8.89. The highest BCUT2D eigenvalue weighted by molar-refractivity contribution is 5.99. The highest BCUT2D eigenvalue weighted by atomic mass is 14.9. The average Bonchev–Trinajstić information content (AvgIpc) is 3.68. The summed E-state index contributed by atoms with van der Waals surface area (Å²) in [7, 11) is 0. The quantitative estimate of drug-likeness (QED) is 0.191. The predicted octanol–water partition coefficient (Wildman–Crippen LogP) is 12.1. The van der Waals surface area contributed by atoms with E-state index in [0.717, 1.165) is 33.9 Å². The van der Waals surface area contributed by atoms with E-state index in [1.54, 1.807) is 0 Å². The van der Waals surface area contributed by atoms with Crippen LogP contribution >= 0.6 is 0 Å². The number of aromatic nitrogens is 2. The zero-order valence-corrected chi connectivity index (χ0v) is 27.7. The van der Waals surface area contributed by atoms with Gasteiger partial charge >= 0.3 is 0 Å². The van der Waals surface area contributed by atoms with Crippen LogP contribution in [0.1, 0.15) is 22.3 Å². The van der Waals surface area contributed by atoms with Crippen LogP contribution in [-0.4, -0.2) is 9.97 Å². The van der Waals surface area contributed by atoms with E-state index in [2.05, 4.69) is 182 Å². The van der Waals surface area contributed by atoms with Crippen LogP contribution in [0, 0.1) is 0 Å². The SMILES string of the molecule is c1ccc2c(c1)-c1ccccc1C21c2ccccc2-c2c(-c3nc(-c4ccc5ccccc5c4)cc(-c4ccc5ccccc5c4)n3)cccc21. The molecule has 8 aromatic carbocycles. The lowest BCUT2D eigenvalue weighted by Crippen LogP contribution is -2.25. The van der Waals surface area contributed by atoms with Gasteiger partial charge < -0.3 is 0 Å². The van der Waals surface area contributed by atoms with E-state index in [1.165, 1.54) is 66.1 Å². The van der Waals surface area contributed by atoms with Crippen LogP contribution in [0.3, 0.4) is 0 Å². The molecule has 51 heavy (non-hydrogen) atoms. The van der Waals surface area contributed by atoms with Crippen LogP contribution in [-0.2, 0) is 5.41 Å². The summed E-state index contributed by atoms with van der Waals surface area (Å²) in [6.45, 7) is 0. The first kappa shape index (κ1) is 28.2. The maximum Gasteiger partial charge on any atom is 0.161 e. The van der Waals surface area contributed by atoms with Gasteiger partial charge in [-0.3, -0.25) is 0 Å². The Hall–Kier alpha value is -6.64. The predicted molar refractivity (Wildman–Crippen MR) is 210 cm³/mol. The van der Waals surface area contributed by atoms with Crippen molar-refractivity contribution in [3.63, 3.8) is 0 Å². The summed E-state index contributed by atoms with van der Waals surface area (Å²) in [5.74, 6) is 0.729. The summed E-state index contributed by atoms with van der Waals surface area (Å²) in [5, 5.41) is 4.81. The number of rotatable bonds is 3. The van der Waals surface area contributed by atoms with Gasteiger partial charge in [-0.15, -0.1) is 0 Å². The molecule has 236 valence electrons. The average molecular weight is 647 g/mol. The van der Waals surface area contributed by atoms with Crippen molar-refractivity contribution < 1.29 is 0 Å². The molecule has 0 bridgehead atoms. The van der Waals surface area contributed by atoms with Crippen molar-refractivity contribution >= 4 is 21.5 Å². The molecule has 0 radical (unpaired) electrons. The monoisotopic (exact) mass is 646 g/mol. The molecule has 1 aromatic heterocycles. The number of hydrogen-bond donors (Lipinski definition) is 0. The molecule has 2 heteroatoms. The summed E-state index contributed by atoms with van der Waals surface area (Å²) in [4.78, 5) is 10.8. The molecule has 0 amide bonds. The van der Waals surface area contributed by atoms with Crippen LogP contribution in [0.4, 0.5) is 0 Å². The second kappa shape index (κ2) is 10.7. The number of nitrogens with zero attached hydrogens (tertiary/aromatic N) is 2. The molecule has 1 spiro atoms. The van der Waals surface area contributed by atoms with Crippen molar-refractivity contribution in [3.8, 4) is 56.2 Å². The Morgan fingerprint density at radius 3 is 1.31 bits per heavy atom. The lowest BCUT2D eigenvalue weighted by atomic mass is 9.70. The fourth-order valence-electron chi connectivity index (χ4n) is 8.89. The third kappa shape index (κ3) is 3.99. The molecule has 2 aliphatic rings. The van der Waals surface area contributed by atoms with Crippen molar-refractivity contribution in [2.45, 2.75) is 5.41 Å². The van der Waals surface area contributed by atoms with Crippen molar-refractivity contribution in [2.75, 3.05) is 0 Å². The zero-order chi connectivity index (χ0) is 33.5. The first-order valence-electron chi connectivity index (χ1n) is 17.6. The molecule has 2 nitrogen and oxygen atoms in total. The summed E-state index contributed by atoms with van der Waals surface area (Å²) < 4.78 is 0. The Kier molecular flexibility index (Phi) is 5.91. The normalized spacial score (nSPS) is 13.3. The molecule has 0 saturated heterocycles. The first-order valence-corrected chi connectivity index (χ1v) is 17.6. The minimum absolute atomic E-state index is 0.424. The summed E-state index contributed by atoms with van der Waals surface area (Å²) in [6.07, 6.45) is 0. The standard InChI is InChI=1S/C49H30N2/c1-3-14-33-28-35(26-24-31(33)12-1)45-30-46(36-27-25-32-13-2-4-15-34(32)29-36)51-48(50-45)40-19-11-23-44-47(40)39-18-7-10-22-43(39)49(44)41-20-8-5-16-37(41)38-17-6-9-21-42(38)49/h1-30H. The topological polar surface area (TPSA) is 25.8 Å². The highest BCUT2D eigenvalue weighted by Crippen LogP contribution is 2.63. The minimum atomic E-state index is -0.424. The second-order valence-corrected chi connectivity index (χ2v) is 13.7. The molecule has 1 heterocycles. The molecule has 2 aliphatic carbocycles. The molecule has 0 saturated carbocycles. The van der Waals surface area contributed by atoms with Crippen molar-refractivity contribution in [1.29, 1.82) is 0 Å². The van der Waals surface area contributed by atoms with Crippen LogP contribution in [0.5, 0.6) is 0 Å². The van der Waals surface area contributed by atoms with Gasteiger partial charge in [0.2, 0.25) is 0 Å². The van der Waals surface area contributed by atoms with E-state index in [-0.39, 0.29) is 0 Å². The van der Waals surface area contributed by atoms with Gasteiger partial charge in [-0.2, -0.15) is 0 Å². The first-order chi connectivity index (χ1) is 25.3. The van der Waals surface area contributed by atoms with E-state index >= 15 is 0 Å². The lowest BCUT2D eigenvalue weighted by Gasteiger charge is -2.30. The maximum atomic E-state index is 5.41. The zero-order valence-electron chi connectivity index (χ0n) is 27.7. The second-order valence-electron chi connectivity index (χ2n) is 13.7. The molecular weight excluding hydrogens is 617 g/mol. The number of fused-ring (bicyclic) bond motifs is 12. The van der Waals surface area contributed by atoms with Gasteiger partial charge in [0.25, 0.3) is 0 Å². The van der Waals surface area contributed by atoms with Crippen LogP contribution in [0.15, 0.2) is 182 Å². The summed E-state index contributed by atoms with van der Waals surface area (Å²) in [5.41, 5.74) is 14.9. The number of hydrogen-bond acceptors (Lipinski definition) is 2. The Labute approximate surface area is 296 Å². The molecule has 0 aliphatic heterocycles. The van der Waals surface area contributed by atoms with Crippen molar-refractivity contribution in [2.24, 2.45) is 0 Å². The molecule has 0 atom stereocenters. The largest absolute Gasteiger partial charge is 0.228 e. The van der Waals surface area contributed by atoms with Gasteiger partial charge in [0.15, 0.2) is 5.82 Å². The van der Waals surface area contributed by atoms with Gasteiger partial charge in [-0.05, 0) is 84.3 Å². The summed E-state index contributed by atoms with van der Waals surface area (Å²) in [6, 6.07) is 66.0. The molecule has 0 fully saturated rings. The van der Waals surface area contributed by atoms with E-state index in [9.17, 15) is 0 Å². The minimum Gasteiger partial charge on any atom is -0.228 e. The van der Waals surface area contributed by atoms with Gasteiger partial charge in [0, 0.05) is 16.7 Å². The van der Waals surface area contributed by atoms with E-state index in [0.29, 0.717) is 0 Å². The van der Waals surface area contributed by atoms with Gasteiger partial charge in [0.05, 0.1) is 16.8 Å². The van der Waals surface area contributed by atoms with Crippen LogP contribution < -0.4 is 0 Å². The lowest BCUT2D eigenvalue weighted by molar-refractivity contribution is 0.794. The van der Waals surface area contributed by atoms with E-state index in [1.807, 2.05) is 0 Å². The molecular formula is C49H30N2. The van der Waals surface area contributed by atoms with Gasteiger partial charge in [0.1, 0.15) is 0 Å².